The predicted octanol–water partition coefficient (Wildman–Crippen LogP) is 4.91. The molecule has 208 valence electrons. The number of para-hydroxylation sites is 1. The number of nitrogens with one attached hydrogen (secondary N) is 2. The van der Waals surface area contributed by atoms with Crippen molar-refractivity contribution in [2.75, 3.05) is 38.3 Å². The summed E-state index contributed by atoms with van der Waals surface area (Å²) in [6.45, 7) is 6.88. The van der Waals surface area contributed by atoms with Gasteiger partial charge in [-0.1, -0.05) is 45.2 Å². The van der Waals surface area contributed by atoms with Crippen LogP contribution in [0.4, 0.5) is 5.82 Å². The first-order valence-electron chi connectivity index (χ1n) is 13.9. The van der Waals surface area contributed by atoms with Gasteiger partial charge in [-0.05, 0) is 31.4 Å². The Morgan fingerprint density at radius 3 is 2.79 bits per heavy atom. The summed E-state index contributed by atoms with van der Waals surface area (Å²) in [5.74, 6) is 1.26. The van der Waals surface area contributed by atoms with E-state index in [2.05, 4.69) is 49.0 Å². The maximum Gasteiger partial charge on any atom is 0.270 e. The largest absolute Gasteiger partial charge is 0.491 e. The lowest BCUT2D eigenvalue weighted by Gasteiger charge is -2.26. The molecule has 0 radical (unpaired) electrons. The van der Waals surface area contributed by atoms with Crippen molar-refractivity contribution < 1.29 is 14.3 Å². The number of amides is 1. The molecule has 10 nitrogen and oxygen atoms in total. The van der Waals surface area contributed by atoms with Crippen LogP contribution in [0.1, 0.15) is 62.9 Å². The number of ether oxygens (including phenoxy) is 2. The summed E-state index contributed by atoms with van der Waals surface area (Å²) >= 11 is 0. The van der Waals surface area contributed by atoms with E-state index in [9.17, 15) is 4.79 Å². The van der Waals surface area contributed by atoms with Gasteiger partial charge in [-0.2, -0.15) is 0 Å². The summed E-state index contributed by atoms with van der Waals surface area (Å²) in [6.07, 6.45) is 10.0. The fourth-order valence-corrected chi connectivity index (χ4v) is 4.69. The molecule has 0 saturated carbocycles. The number of methoxy groups -OCH3 is 1. The highest BCUT2D eigenvalue weighted by molar-refractivity contribution is 5.97. The summed E-state index contributed by atoms with van der Waals surface area (Å²) < 4.78 is 11.4. The minimum absolute atomic E-state index is 0.139. The van der Waals surface area contributed by atoms with E-state index in [1.807, 2.05) is 24.3 Å². The lowest BCUT2D eigenvalue weighted by Crippen LogP contribution is -2.35. The minimum Gasteiger partial charge on any atom is -0.491 e. The molecule has 0 unspecified atom stereocenters. The van der Waals surface area contributed by atoms with Gasteiger partial charge in [0, 0.05) is 38.3 Å². The highest BCUT2D eigenvalue weighted by Gasteiger charge is 2.28. The molecule has 0 aliphatic carbocycles. The third kappa shape index (κ3) is 7.20. The van der Waals surface area contributed by atoms with Crippen LogP contribution < -0.4 is 15.0 Å². The fraction of sp³-hybridized carbons (Fsp3) is 0.483. The molecule has 4 heterocycles. The van der Waals surface area contributed by atoms with Crippen LogP contribution in [0, 0.1) is 0 Å². The molecule has 1 amide bonds. The topological polar surface area (TPSA) is 118 Å². The number of rotatable bonds is 11. The van der Waals surface area contributed by atoms with Crippen LogP contribution in [0.3, 0.4) is 0 Å². The molecule has 1 fully saturated rings. The number of fused-ring (bicyclic) bond motifs is 2. The van der Waals surface area contributed by atoms with Crippen LogP contribution in [-0.2, 0) is 4.74 Å². The van der Waals surface area contributed by atoms with E-state index >= 15 is 0 Å². The number of imidazole rings is 1. The Balaban J connectivity index is 0.000000648. The summed E-state index contributed by atoms with van der Waals surface area (Å²) in [5, 5.41) is 3.77. The first-order chi connectivity index (χ1) is 19.2. The fourth-order valence-electron chi connectivity index (χ4n) is 4.69. The van der Waals surface area contributed by atoms with E-state index < -0.39 is 0 Å². The normalized spacial score (nSPS) is 14.8. The number of anilines is 1. The first-order valence-corrected chi connectivity index (χ1v) is 13.9. The van der Waals surface area contributed by atoms with Crippen molar-refractivity contribution in [2.45, 2.75) is 58.4 Å². The number of H-pyrrole nitrogens is 1. The Morgan fingerprint density at radius 1 is 1.15 bits per heavy atom. The molecule has 1 aliphatic heterocycles. The second kappa shape index (κ2) is 14.4. The van der Waals surface area contributed by atoms with E-state index in [4.69, 9.17) is 9.47 Å². The summed E-state index contributed by atoms with van der Waals surface area (Å²) in [7, 11) is 1.64. The quantitative estimate of drug-likeness (QED) is 0.261. The number of benzene rings is 1. The first kappa shape index (κ1) is 28.2. The van der Waals surface area contributed by atoms with Crippen molar-refractivity contribution >= 4 is 33.8 Å². The van der Waals surface area contributed by atoms with Gasteiger partial charge in [-0.25, -0.2) is 19.9 Å². The van der Waals surface area contributed by atoms with Crippen molar-refractivity contribution in [3.05, 3.63) is 48.7 Å². The number of unbranched alkanes of at least 4 members (excludes halogenated alkanes) is 2. The monoisotopic (exact) mass is 533 g/mol. The van der Waals surface area contributed by atoms with Crippen LogP contribution in [0.25, 0.3) is 22.1 Å². The maximum atomic E-state index is 12.7. The standard InChI is InChI=1S/C24H27N7O3.C5H12/c1-33-11-5-9-25-24(32)19-12-20(17-7-2-3-8-18(17)30-19)34-13-16-6-4-10-31(16)23-21-22(27-14-26-21)28-15-29-23;1-3-5-4-2/h2-3,7-8,12,14-16H,4-6,9-11,13H2,1H3,(H,25,32)(H,26,27,28,29);3-5H2,1-2H3/t16-;/m1./s1. The molecule has 1 saturated heterocycles. The van der Waals surface area contributed by atoms with Gasteiger partial charge in [-0.15, -0.1) is 0 Å². The zero-order valence-electron chi connectivity index (χ0n) is 23.2. The molecule has 4 aromatic rings. The molecule has 5 rings (SSSR count). The van der Waals surface area contributed by atoms with Gasteiger partial charge in [0.25, 0.3) is 5.91 Å². The maximum absolute atomic E-state index is 12.7. The second-order valence-corrected chi connectivity index (χ2v) is 9.58. The molecule has 0 spiro atoms. The second-order valence-electron chi connectivity index (χ2n) is 9.58. The van der Waals surface area contributed by atoms with Gasteiger partial charge < -0.3 is 24.7 Å². The van der Waals surface area contributed by atoms with Gasteiger partial charge in [0.15, 0.2) is 11.5 Å². The molecular weight excluding hydrogens is 494 g/mol. The molecule has 2 N–H and O–H groups in total. The molecule has 0 bridgehead atoms. The van der Waals surface area contributed by atoms with E-state index in [0.29, 0.717) is 36.8 Å². The zero-order valence-corrected chi connectivity index (χ0v) is 23.2. The molecule has 1 aromatic carbocycles. The molecular formula is C29H39N7O3. The highest BCUT2D eigenvalue weighted by Crippen LogP contribution is 2.30. The van der Waals surface area contributed by atoms with E-state index in [1.165, 1.54) is 19.3 Å². The number of nitrogens with zero attached hydrogens (tertiary/aromatic N) is 5. The van der Waals surface area contributed by atoms with Gasteiger partial charge in [0.1, 0.15) is 29.9 Å². The van der Waals surface area contributed by atoms with Crippen molar-refractivity contribution in [2.24, 2.45) is 0 Å². The lowest BCUT2D eigenvalue weighted by atomic mass is 10.1. The number of aromatic nitrogens is 5. The van der Waals surface area contributed by atoms with Crippen LogP contribution in [0.5, 0.6) is 5.75 Å². The highest BCUT2D eigenvalue weighted by atomic mass is 16.5. The van der Waals surface area contributed by atoms with Crippen LogP contribution in [0.2, 0.25) is 0 Å². The third-order valence-electron chi connectivity index (χ3n) is 6.71. The van der Waals surface area contributed by atoms with Gasteiger partial charge >= 0.3 is 0 Å². The Bertz CT molecular complexity index is 1340. The number of carbonyl (C=O) groups excluding carboxylic acids is 1. The summed E-state index contributed by atoms with van der Waals surface area (Å²) in [4.78, 5) is 35.6. The average molecular weight is 534 g/mol. The Hall–Kier alpha value is -3.79. The number of hydrogen-bond acceptors (Lipinski definition) is 8. The number of aromatic amines is 1. The minimum atomic E-state index is -0.225. The smallest absolute Gasteiger partial charge is 0.270 e. The lowest BCUT2D eigenvalue weighted by molar-refractivity contribution is 0.0943. The van der Waals surface area contributed by atoms with Crippen LogP contribution >= 0.6 is 0 Å². The van der Waals surface area contributed by atoms with Crippen molar-refractivity contribution in [3.63, 3.8) is 0 Å². The van der Waals surface area contributed by atoms with Crippen molar-refractivity contribution in [3.8, 4) is 5.75 Å². The van der Waals surface area contributed by atoms with Crippen LogP contribution in [-0.4, -0.2) is 70.3 Å². The molecule has 3 aromatic heterocycles. The third-order valence-corrected chi connectivity index (χ3v) is 6.71. The van der Waals surface area contributed by atoms with E-state index in [1.54, 1.807) is 25.8 Å². The number of carbonyl (C=O) groups is 1. The van der Waals surface area contributed by atoms with Gasteiger partial charge in [-0.3, -0.25) is 4.79 Å². The molecule has 39 heavy (non-hydrogen) atoms. The van der Waals surface area contributed by atoms with Gasteiger partial charge in [0.05, 0.1) is 17.9 Å². The Morgan fingerprint density at radius 2 is 2.00 bits per heavy atom. The van der Waals surface area contributed by atoms with E-state index in [0.717, 1.165) is 48.0 Å². The van der Waals surface area contributed by atoms with E-state index in [-0.39, 0.29) is 11.9 Å². The SMILES string of the molecule is CCCCC.COCCCNC(=O)c1cc(OC[C@H]2CCCN2c2ncnc3nc[nH]c23)c2ccccc2n1. The Kier molecular flexibility index (Phi) is 10.4. The number of pyridine rings is 1. The van der Waals surface area contributed by atoms with Crippen LogP contribution in [0.15, 0.2) is 43.0 Å². The number of hydrogen-bond donors (Lipinski definition) is 2. The zero-order chi connectivity index (χ0) is 27.5. The molecule has 1 atom stereocenters. The molecule has 10 heteroatoms. The summed E-state index contributed by atoms with van der Waals surface area (Å²) in [5.41, 5.74) is 2.54. The van der Waals surface area contributed by atoms with Gasteiger partial charge in [0.2, 0.25) is 0 Å². The van der Waals surface area contributed by atoms with Crippen molar-refractivity contribution in [1.82, 2.24) is 30.2 Å². The summed E-state index contributed by atoms with van der Waals surface area (Å²) in [6, 6.07) is 9.57. The Labute approximate surface area is 229 Å². The molecule has 1 aliphatic rings. The average Bonchev–Trinajstić information content (AvgIpc) is 3.64. The predicted molar refractivity (Wildman–Crippen MR) is 153 cm³/mol. The van der Waals surface area contributed by atoms with Crippen molar-refractivity contribution in [1.29, 1.82) is 0 Å².